The Morgan fingerprint density at radius 1 is 1.14 bits per heavy atom. The van der Waals surface area contributed by atoms with Crippen LogP contribution in [0.5, 0.6) is 0 Å². The van der Waals surface area contributed by atoms with Gasteiger partial charge in [0.1, 0.15) is 5.82 Å². The van der Waals surface area contributed by atoms with E-state index in [1.807, 2.05) is 0 Å². The summed E-state index contributed by atoms with van der Waals surface area (Å²) in [4.78, 5) is 11.8. The zero-order valence-corrected chi connectivity index (χ0v) is 11.5. The smallest absolute Gasteiger partial charge is 0.273 e. The van der Waals surface area contributed by atoms with Crippen molar-refractivity contribution in [3.05, 3.63) is 71.5 Å². The maximum atomic E-state index is 12.8. The van der Waals surface area contributed by atoms with Crippen molar-refractivity contribution in [3.63, 3.8) is 0 Å². The molecule has 0 bridgehead atoms. The fraction of sp³-hybridized carbons (Fsp3) is 0.125. The number of hydrazone groups is 1. The zero-order chi connectivity index (χ0) is 15.2. The van der Waals surface area contributed by atoms with Gasteiger partial charge in [-0.25, -0.2) is 9.82 Å². The topological polar surface area (TPSA) is 61.7 Å². The lowest BCUT2D eigenvalue weighted by Crippen LogP contribution is -2.26. The maximum Gasteiger partial charge on any atom is 0.273 e. The van der Waals surface area contributed by atoms with Crippen LogP contribution in [0.1, 0.15) is 24.2 Å². The van der Waals surface area contributed by atoms with Crippen LogP contribution in [-0.4, -0.2) is 16.7 Å². The summed E-state index contributed by atoms with van der Waals surface area (Å²) in [6, 6.07) is 14.3. The van der Waals surface area contributed by atoms with E-state index in [-0.39, 0.29) is 5.82 Å². The summed E-state index contributed by atoms with van der Waals surface area (Å²) < 4.78 is 12.8. The van der Waals surface area contributed by atoms with Crippen molar-refractivity contribution in [2.24, 2.45) is 5.10 Å². The number of carbonyl (C=O) groups excluding carboxylic acids is 1. The molecule has 2 rings (SSSR count). The molecule has 2 aromatic rings. The minimum atomic E-state index is -1.28. The van der Waals surface area contributed by atoms with Crippen LogP contribution in [-0.2, 0) is 4.79 Å². The second-order valence-electron chi connectivity index (χ2n) is 4.49. The summed E-state index contributed by atoms with van der Waals surface area (Å²) in [6.45, 7) is 1.68. The van der Waals surface area contributed by atoms with Crippen molar-refractivity contribution in [3.8, 4) is 0 Å². The summed E-state index contributed by atoms with van der Waals surface area (Å²) in [5, 5.41) is 13.8. The highest BCUT2D eigenvalue weighted by atomic mass is 19.1. The average molecular weight is 286 g/mol. The number of halogens is 1. The average Bonchev–Trinajstić information content (AvgIpc) is 2.53. The van der Waals surface area contributed by atoms with Crippen LogP contribution in [0.25, 0.3) is 0 Å². The van der Waals surface area contributed by atoms with Crippen LogP contribution >= 0.6 is 0 Å². The van der Waals surface area contributed by atoms with Gasteiger partial charge in [-0.3, -0.25) is 4.79 Å². The molecule has 2 N–H and O–H groups in total. The monoisotopic (exact) mass is 286 g/mol. The van der Waals surface area contributed by atoms with Crippen molar-refractivity contribution < 1.29 is 14.3 Å². The van der Waals surface area contributed by atoms with Crippen molar-refractivity contribution in [1.29, 1.82) is 0 Å². The fourth-order valence-electron chi connectivity index (χ4n) is 1.74. The molecule has 0 radical (unpaired) electrons. The van der Waals surface area contributed by atoms with Gasteiger partial charge in [-0.15, -0.1) is 0 Å². The number of carbonyl (C=O) groups is 1. The van der Waals surface area contributed by atoms with Gasteiger partial charge in [-0.05, 0) is 30.2 Å². The molecule has 5 heteroatoms. The van der Waals surface area contributed by atoms with Gasteiger partial charge in [0.2, 0.25) is 0 Å². The van der Waals surface area contributed by atoms with Gasteiger partial charge < -0.3 is 5.11 Å². The van der Waals surface area contributed by atoms with E-state index in [9.17, 15) is 14.3 Å². The molecule has 108 valence electrons. The molecule has 1 amide bonds. The third-order valence-electron chi connectivity index (χ3n) is 2.96. The second-order valence-corrected chi connectivity index (χ2v) is 4.49. The Hall–Kier alpha value is -2.53. The first kappa shape index (κ1) is 14.9. The van der Waals surface area contributed by atoms with Gasteiger partial charge >= 0.3 is 0 Å². The van der Waals surface area contributed by atoms with Gasteiger partial charge in [0.15, 0.2) is 6.10 Å². The molecule has 21 heavy (non-hydrogen) atoms. The highest BCUT2D eigenvalue weighted by Gasteiger charge is 2.16. The Kier molecular flexibility index (Phi) is 4.79. The Bertz CT molecular complexity index is 639. The third kappa shape index (κ3) is 3.97. The molecule has 1 atom stereocenters. The van der Waals surface area contributed by atoms with Crippen LogP contribution in [0.4, 0.5) is 4.39 Å². The van der Waals surface area contributed by atoms with E-state index in [4.69, 9.17) is 0 Å². The summed E-state index contributed by atoms with van der Waals surface area (Å²) in [5.41, 5.74) is 3.99. The molecule has 0 aliphatic carbocycles. The molecule has 4 nitrogen and oxygen atoms in total. The number of rotatable bonds is 4. The van der Waals surface area contributed by atoms with E-state index in [0.29, 0.717) is 16.8 Å². The molecular weight excluding hydrogens is 271 g/mol. The lowest BCUT2D eigenvalue weighted by molar-refractivity contribution is -0.129. The molecule has 0 saturated heterocycles. The Morgan fingerprint density at radius 3 is 2.38 bits per heavy atom. The highest BCUT2D eigenvalue weighted by Crippen LogP contribution is 2.12. The molecule has 2 aromatic carbocycles. The number of aliphatic hydroxyl groups is 1. The summed E-state index contributed by atoms with van der Waals surface area (Å²) in [6.07, 6.45) is -1.28. The fourth-order valence-corrected chi connectivity index (χ4v) is 1.74. The molecule has 0 aliphatic heterocycles. The van der Waals surface area contributed by atoms with Gasteiger partial charge in [0.25, 0.3) is 5.91 Å². The van der Waals surface area contributed by atoms with E-state index >= 15 is 0 Å². The van der Waals surface area contributed by atoms with Crippen LogP contribution in [0.3, 0.4) is 0 Å². The highest BCUT2D eigenvalue weighted by molar-refractivity contribution is 5.99. The number of nitrogens with zero attached hydrogens (tertiary/aromatic N) is 1. The Labute approximate surface area is 121 Å². The minimum absolute atomic E-state index is 0.338. The molecule has 0 heterocycles. The van der Waals surface area contributed by atoms with Gasteiger partial charge in [0, 0.05) is 0 Å². The first-order valence-electron chi connectivity index (χ1n) is 6.41. The van der Waals surface area contributed by atoms with Crippen molar-refractivity contribution in [2.45, 2.75) is 13.0 Å². The van der Waals surface area contributed by atoms with Crippen LogP contribution in [0.2, 0.25) is 0 Å². The van der Waals surface area contributed by atoms with E-state index in [2.05, 4.69) is 10.5 Å². The number of nitrogens with one attached hydrogen (secondary N) is 1. The molecule has 0 spiro atoms. The largest absolute Gasteiger partial charge is 0.378 e. The van der Waals surface area contributed by atoms with Crippen LogP contribution < -0.4 is 5.43 Å². The number of hydrogen-bond donors (Lipinski definition) is 2. The van der Waals surface area contributed by atoms with Crippen molar-refractivity contribution >= 4 is 11.6 Å². The Balaban J connectivity index is 2.03. The molecule has 0 aliphatic rings. The molecule has 0 fully saturated rings. The summed E-state index contributed by atoms with van der Waals surface area (Å²) in [7, 11) is 0. The van der Waals surface area contributed by atoms with Gasteiger partial charge in [-0.2, -0.15) is 5.10 Å². The van der Waals surface area contributed by atoms with Crippen LogP contribution in [0, 0.1) is 5.82 Å². The standard InChI is InChI=1S/C16H15FN2O2/c1-11(12-7-9-14(17)10-8-12)18-19-16(21)15(20)13-5-3-2-4-6-13/h2-10,15,20H,1H3,(H,19,21)/b18-11+/t15-/m1/s1. The lowest BCUT2D eigenvalue weighted by atomic mass is 10.1. The molecule has 0 aromatic heterocycles. The summed E-state index contributed by atoms with van der Waals surface area (Å²) in [5.74, 6) is -0.960. The third-order valence-corrected chi connectivity index (χ3v) is 2.96. The first-order chi connectivity index (χ1) is 10.1. The number of benzene rings is 2. The predicted molar refractivity (Wildman–Crippen MR) is 78.2 cm³/mol. The first-order valence-corrected chi connectivity index (χ1v) is 6.41. The van der Waals surface area contributed by atoms with Gasteiger partial charge in [-0.1, -0.05) is 42.5 Å². The van der Waals surface area contributed by atoms with Crippen molar-refractivity contribution in [1.82, 2.24) is 5.43 Å². The molecule has 0 saturated carbocycles. The number of amides is 1. The van der Waals surface area contributed by atoms with E-state index in [0.717, 1.165) is 0 Å². The number of aliphatic hydroxyl groups excluding tert-OH is 1. The zero-order valence-electron chi connectivity index (χ0n) is 11.5. The number of hydrogen-bond acceptors (Lipinski definition) is 3. The molecular formula is C16H15FN2O2. The quantitative estimate of drug-likeness (QED) is 0.669. The predicted octanol–water partition coefficient (Wildman–Crippen LogP) is 2.40. The summed E-state index contributed by atoms with van der Waals surface area (Å²) >= 11 is 0. The second kappa shape index (κ2) is 6.76. The van der Waals surface area contributed by atoms with E-state index < -0.39 is 12.0 Å². The SMILES string of the molecule is C/C(=N\NC(=O)[C@H](O)c1ccccc1)c1ccc(F)cc1. The normalized spacial score (nSPS) is 12.8. The lowest BCUT2D eigenvalue weighted by Gasteiger charge is -2.09. The van der Waals surface area contributed by atoms with Crippen LogP contribution in [0.15, 0.2) is 59.7 Å². The van der Waals surface area contributed by atoms with Crippen molar-refractivity contribution in [2.75, 3.05) is 0 Å². The maximum absolute atomic E-state index is 12.8. The Morgan fingerprint density at radius 2 is 1.76 bits per heavy atom. The minimum Gasteiger partial charge on any atom is -0.378 e. The van der Waals surface area contributed by atoms with E-state index in [1.54, 1.807) is 49.4 Å². The molecule has 0 unspecified atom stereocenters. The van der Waals surface area contributed by atoms with E-state index in [1.165, 1.54) is 12.1 Å². The van der Waals surface area contributed by atoms with Gasteiger partial charge in [0.05, 0.1) is 5.71 Å².